The van der Waals surface area contributed by atoms with E-state index in [1.54, 1.807) is 7.11 Å². The van der Waals surface area contributed by atoms with Gasteiger partial charge in [-0.05, 0) is 61.3 Å². The Morgan fingerprint density at radius 1 is 1.25 bits per heavy atom. The number of hydrogen-bond donors (Lipinski definition) is 2. The summed E-state index contributed by atoms with van der Waals surface area (Å²) < 4.78 is 5.33. The highest BCUT2D eigenvalue weighted by Gasteiger charge is 2.29. The summed E-state index contributed by atoms with van der Waals surface area (Å²) in [5, 5.41) is 13.2. The third-order valence-electron chi connectivity index (χ3n) is 4.99. The number of methoxy groups -OCH3 is 1. The normalized spacial score (nSPS) is 29.2. The van der Waals surface area contributed by atoms with Crippen molar-refractivity contribution in [3.63, 3.8) is 0 Å². The molecule has 0 aromatic heterocycles. The van der Waals surface area contributed by atoms with Crippen molar-refractivity contribution in [1.29, 1.82) is 0 Å². The van der Waals surface area contributed by atoms with Crippen molar-refractivity contribution < 1.29 is 9.84 Å². The van der Waals surface area contributed by atoms with Crippen LogP contribution >= 0.6 is 0 Å². The van der Waals surface area contributed by atoms with Gasteiger partial charge in [0, 0.05) is 18.7 Å². The van der Waals surface area contributed by atoms with Crippen LogP contribution in [0.2, 0.25) is 0 Å². The maximum absolute atomic E-state index is 9.44. The average Bonchev–Trinajstić information content (AvgIpc) is 2.93. The molecule has 0 unspecified atom stereocenters. The molecule has 20 heavy (non-hydrogen) atoms. The van der Waals surface area contributed by atoms with E-state index >= 15 is 0 Å². The second-order valence-corrected chi connectivity index (χ2v) is 6.22. The molecule has 1 fully saturated rings. The molecule has 0 saturated heterocycles. The maximum Gasteiger partial charge on any atom is 0.119 e. The number of rotatable bonds is 4. The van der Waals surface area contributed by atoms with Crippen molar-refractivity contribution in [2.24, 2.45) is 5.92 Å². The number of fused-ring (bicyclic) bond motifs is 1. The lowest BCUT2D eigenvalue weighted by molar-refractivity contribution is 0.197. The summed E-state index contributed by atoms with van der Waals surface area (Å²) in [5.74, 6) is 1.42. The first-order valence-electron chi connectivity index (χ1n) is 7.83. The summed E-state index contributed by atoms with van der Waals surface area (Å²) in [4.78, 5) is 0. The van der Waals surface area contributed by atoms with Gasteiger partial charge in [-0.1, -0.05) is 12.5 Å². The molecule has 0 bridgehead atoms. The van der Waals surface area contributed by atoms with Crippen LogP contribution in [0.15, 0.2) is 18.2 Å². The zero-order valence-corrected chi connectivity index (χ0v) is 12.3. The summed E-state index contributed by atoms with van der Waals surface area (Å²) in [6.07, 6.45) is 7.07. The van der Waals surface area contributed by atoms with Crippen molar-refractivity contribution in [3.05, 3.63) is 29.3 Å². The maximum atomic E-state index is 9.44. The van der Waals surface area contributed by atoms with E-state index in [-0.39, 0.29) is 0 Å². The van der Waals surface area contributed by atoms with Crippen molar-refractivity contribution in [2.45, 2.75) is 50.6 Å². The predicted octanol–water partition coefficient (Wildman–Crippen LogP) is 2.30. The van der Waals surface area contributed by atoms with Crippen molar-refractivity contribution in [3.8, 4) is 5.75 Å². The highest BCUT2D eigenvalue weighted by atomic mass is 16.5. The largest absolute Gasteiger partial charge is 0.497 e. The smallest absolute Gasteiger partial charge is 0.119 e. The van der Waals surface area contributed by atoms with Crippen LogP contribution in [0.25, 0.3) is 0 Å². The highest BCUT2D eigenvalue weighted by molar-refractivity contribution is 5.37. The lowest BCUT2D eigenvalue weighted by Crippen LogP contribution is -2.44. The fourth-order valence-electron chi connectivity index (χ4n) is 3.78. The van der Waals surface area contributed by atoms with Crippen LogP contribution in [0.4, 0.5) is 0 Å². The third kappa shape index (κ3) is 2.84. The van der Waals surface area contributed by atoms with E-state index in [1.807, 2.05) is 0 Å². The van der Waals surface area contributed by atoms with Gasteiger partial charge in [0.1, 0.15) is 5.75 Å². The molecule has 1 saturated carbocycles. The van der Waals surface area contributed by atoms with E-state index in [9.17, 15) is 5.11 Å². The van der Waals surface area contributed by atoms with E-state index < -0.39 is 0 Å². The van der Waals surface area contributed by atoms with Gasteiger partial charge in [-0.3, -0.25) is 0 Å². The highest BCUT2D eigenvalue weighted by Crippen LogP contribution is 2.29. The van der Waals surface area contributed by atoms with E-state index in [0.717, 1.165) is 18.6 Å². The van der Waals surface area contributed by atoms with Crippen LogP contribution in [0.1, 0.15) is 36.8 Å². The van der Waals surface area contributed by atoms with E-state index in [4.69, 9.17) is 4.74 Å². The molecule has 0 amide bonds. The van der Waals surface area contributed by atoms with Gasteiger partial charge >= 0.3 is 0 Å². The number of aliphatic hydroxyl groups excluding tert-OH is 1. The van der Waals surface area contributed by atoms with Crippen LogP contribution in [0.3, 0.4) is 0 Å². The van der Waals surface area contributed by atoms with Gasteiger partial charge in [0.2, 0.25) is 0 Å². The van der Waals surface area contributed by atoms with Crippen LogP contribution in [0, 0.1) is 5.92 Å². The quantitative estimate of drug-likeness (QED) is 0.886. The Morgan fingerprint density at radius 2 is 2.15 bits per heavy atom. The third-order valence-corrected chi connectivity index (χ3v) is 4.99. The van der Waals surface area contributed by atoms with Crippen molar-refractivity contribution in [1.82, 2.24) is 5.32 Å². The van der Waals surface area contributed by atoms with Gasteiger partial charge in [-0.15, -0.1) is 0 Å². The molecule has 0 aliphatic heterocycles. The molecule has 0 radical (unpaired) electrons. The second kappa shape index (κ2) is 6.15. The Labute approximate surface area is 121 Å². The minimum Gasteiger partial charge on any atom is -0.497 e. The minimum atomic E-state index is 0.328. The van der Waals surface area contributed by atoms with Gasteiger partial charge < -0.3 is 15.2 Å². The molecule has 110 valence electrons. The zero-order valence-electron chi connectivity index (χ0n) is 12.3. The molecule has 2 N–H and O–H groups in total. The lowest BCUT2D eigenvalue weighted by Gasteiger charge is -2.30. The lowest BCUT2D eigenvalue weighted by atomic mass is 9.87. The number of benzene rings is 1. The summed E-state index contributed by atoms with van der Waals surface area (Å²) in [6.45, 7) is 0.328. The summed E-state index contributed by atoms with van der Waals surface area (Å²) in [5.41, 5.74) is 2.89. The van der Waals surface area contributed by atoms with Crippen molar-refractivity contribution in [2.75, 3.05) is 13.7 Å². The monoisotopic (exact) mass is 275 g/mol. The van der Waals surface area contributed by atoms with Crippen LogP contribution in [-0.2, 0) is 12.8 Å². The molecule has 2 aliphatic carbocycles. The number of aliphatic hydroxyl groups is 1. The first kappa shape index (κ1) is 13.9. The molecule has 0 spiro atoms. The Hall–Kier alpha value is -1.06. The molecule has 3 heteroatoms. The molecule has 3 nitrogen and oxygen atoms in total. The summed E-state index contributed by atoms with van der Waals surface area (Å²) >= 11 is 0. The Morgan fingerprint density at radius 3 is 2.95 bits per heavy atom. The fourth-order valence-corrected chi connectivity index (χ4v) is 3.78. The van der Waals surface area contributed by atoms with Crippen LogP contribution in [-0.4, -0.2) is 30.9 Å². The van der Waals surface area contributed by atoms with Crippen molar-refractivity contribution >= 4 is 0 Å². The molecule has 2 aliphatic rings. The van der Waals surface area contributed by atoms with Gasteiger partial charge in [-0.25, -0.2) is 0 Å². The average molecular weight is 275 g/mol. The van der Waals surface area contributed by atoms with Gasteiger partial charge in [0.05, 0.1) is 7.11 Å². The standard InChI is InChI=1S/C17H25NO2/c1-20-16-8-6-12-5-7-15(9-14(12)10-16)18-17-4-2-3-13(17)11-19/h6,8,10,13,15,17-19H,2-5,7,9,11H2,1H3/t13-,15-,17+/m1/s1. The SMILES string of the molecule is COc1ccc2c(c1)C[C@H](N[C@H]1CCC[C@@H]1CO)CC2. The van der Waals surface area contributed by atoms with Gasteiger partial charge in [-0.2, -0.15) is 0 Å². The Kier molecular flexibility index (Phi) is 4.27. The molecule has 1 aromatic rings. The molecule has 3 rings (SSSR count). The molecule has 0 heterocycles. The number of nitrogens with one attached hydrogen (secondary N) is 1. The van der Waals surface area contributed by atoms with Crippen LogP contribution < -0.4 is 10.1 Å². The first-order valence-corrected chi connectivity index (χ1v) is 7.83. The van der Waals surface area contributed by atoms with E-state index in [2.05, 4.69) is 23.5 Å². The topological polar surface area (TPSA) is 41.5 Å². The zero-order chi connectivity index (χ0) is 13.9. The second-order valence-electron chi connectivity index (χ2n) is 6.22. The number of aryl methyl sites for hydroxylation is 1. The summed E-state index contributed by atoms with van der Waals surface area (Å²) in [6, 6.07) is 7.51. The summed E-state index contributed by atoms with van der Waals surface area (Å²) in [7, 11) is 1.73. The van der Waals surface area contributed by atoms with Gasteiger partial charge in [0.15, 0.2) is 0 Å². The van der Waals surface area contributed by atoms with E-state index in [0.29, 0.717) is 24.6 Å². The number of ether oxygens (including phenoxy) is 1. The fraction of sp³-hybridized carbons (Fsp3) is 0.647. The first-order chi connectivity index (χ1) is 9.80. The Balaban J connectivity index is 1.65. The molecule has 1 aromatic carbocycles. The molecule has 3 atom stereocenters. The van der Waals surface area contributed by atoms with E-state index in [1.165, 1.54) is 36.8 Å². The molecular formula is C17H25NO2. The predicted molar refractivity (Wildman–Crippen MR) is 80.2 cm³/mol. The number of hydrogen-bond acceptors (Lipinski definition) is 3. The Bertz CT molecular complexity index is 460. The molecular weight excluding hydrogens is 250 g/mol. The van der Waals surface area contributed by atoms with Gasteiger partial charge in [0.25, 0.3) is 0 Å². The van der Waals surface area contributed by atoms with Crippen LogP contribution in [0.5, 0.6) is 5.75 Å². The minimum absolute atomic E-state index is 0.328.